The highest BCUT2D eigenvalue weighted by atomic mass is 16.5. The van der Waals surface area contributed by atoms with Gasteiger partial charge in [0, 0.05) is 55.3 Å². The molecule has 6 rings (SSSR count). The summed E-state index contributed by atoms with van der Waals surface area (Å²) in [7, 11) is 0. The number of nitrogens with zero attached hydrogens (tertiary/aromatic N) is 6. The third kappa shape index (κ3) is 4.53. The number of ether oxygens (including phenoxy) is 1. The van der Waals surface area contributed by atoms with E-state index in [0.29, 0.717) is 41.5 Å². The third-order valence-corrected chi connectivity index (χ3v) is 7.58. The molecule has 0 unspecified atom stereocenters. The summed E-state index contributed by atoms with van der Waals surface area (Å²) in [6.45, 7) is 10.1. The van der Waals surface area contributed by atoms with Gasteiger partial charge in [0.25, 0.3) is 5.56 Å². The van der Waals surface area contributed by atoms with Crippen LogP contribution in [0.25, 0.3) is 16.9 Å². The molecule has 1 aromatic carbocycles. The highest BCUT2D eigenvalue weighted by Gasteiger charge is 2.31. The lowest BCUT2D eigenvalue weighted by molar-refractivity contribution is 0.0845. The van der Waals surface area contributed by atoms with Gasteiger partial charge in [0.2, 0.25) is 11.8 Å². The molecule has 200 valence electrons. The van der Waals surface area contributed by atoms with Crippen LogP contribution >= 0.6 is 0 Å². The smallest absolute Gasteiger partial charge is 0.278 e. The number of rotatable bonds is 6. The van der Waals surface area contributed by atoms with Crippen LogP contribution in [-0.2, 0) is 12.0 Å². The number of nitriles is 1. The zero-order valence-electron chi connectivity index (χ0n) is 22.6. The number of pyridine rings is 1. The molecule has 1 fully saturated rings. The molecule has 1 aliphatic carbocycles. The van der Waals surface area contributed by atoms with Crippen molar-refractivity contribution in [1.82, 2.24) is 29.6 Å². The predicted octanol–water partition coefficient (Wildman–Crippen LogP) is 4.36. The minimum Gasteiger partial charge on any atom is -0.474 e. The van der Waals surface area contributed by atoms with Crippen molar-refractivity contribution in [1.29, 1.82) is 5.26 Å². The number of fused-ring (bicyclic) bond motifs is 2. The van der Waals surface area contributed by atoms with Crippen molar-refractivity contribution in [2.75, 3.05) is 11.9 Å². The summed E-state index contributed by atoms with van der Waals surface area (Å²) in [6, 6.07) is 13.9. The van der Waals surface area contributed by atoms with Gasteiger partial charge in [-0.05, 0) is 43.2 Å². The van der Waals surface area contributed by atoms with Crippen molar-refractivity contribution in [3.05, 3.63) is 64.1 Å². The summed E-state index contributed by atoms with van der Waals surface area (Å²) < 4.78 is 9.39. The summed E-state index contributed by atoms with van der Waals surface area (Å²) in [6.07, 6.45) is 2.94. The third-order valence-electron chi connectivity index (χ3n) is 7.58. The van der Waals surface area contributed by atoms with E-state index in [2.05, 4.69) is 47.7 Å². The minimum absolute atomic E-state index is 0.0263. The van der Waals surface area contributed by atoms with Crippen molar-refractivity contribution in [2.45, 2.75) is 64.6 Å². The number of anilines is 2. The summed E-state index contributed by atoms with van der Waals surface area (Å²) >= 11 is 0. The molecule has 39 heavy (non-hydrogen) atoms. The fraction of sp³-hybridized carbons (Fsp3) is 0.414. The van der Waals surface area contributed by atoms with Gasteiger partial charge in [-0.3, -0.25) is 4.79 Å². The fourth-order valence-electron chi connectivity index (χ4n) is 5.48. The van der Waals surface area contributed by atoms with Gasteiger partial charge < -0.3 is 15.4 Å². The van der Waals surface area contributed by atoms with Gasteiger partial charge in [0.05, 0.1) is 12.0 Å². The van der Waals surface area contributed by atoms with Gasteiger partial charge in [-0.25, -0.2) is 14.3 Å². The number of hydrogen-bond donors (Lipinski definition) is 2. The van der Waals surface area contributed by atoms with Gasteiger partial charge in [0.1, 0.15) is 11.5 Å². The van der Waals surface area contributed by atoms with Crippen molar-refractivity contribution in [3.63, 3.8) is 0 Å². The average molecular weight is 525 g/mol. The minimum atomic E-state index is -0.183. The Bertz CT molecular complexity index is 1660. The van der Waals surface area contributed by atoms with E-state index in [4.69, 9.17) is 20.0 Å². The van der Waals surface area contributed by atoms with Gasteiger partial charge >= 0.3 is 0 Å². The topological polar surface area (TPSA) is 123 Å². The molecule has 0 atom stereocenters. The molecule has 2 N–H and O–H groups in total. The lowest BCUT2D eigenvalue weighted by atomic mass is 9.79. The van der Waals surface area contributed by atoms with Crippen LogP contribution in [0.1, 0.15) is 57.7 Å². The van der Waals surface area contributed by atoms with Crippen molar-refractivity contribution >= 4 is 22.7 Å². The summed E-state index contributed by atoms with van der Waals surface area (Å²) in [4.78, 5) is 27.3. The molecule has 0 bridgehead atoms. The molecule has 2 aliphatic rings. The monoisotopic (exact) mass is 524 g/mol. The maximum atomic E-state index is 13.4. The zero-order valence-corrected chi connectivity index (χ0v) is 22.6. The predicted molar refractivity (Wildman–Crippen MR) is 149 cm³/mol. The molecule has 0 amide bonds. The normalized spacial score (nSPS) is 19.8. The Morgan fingerprint density at radius 2 is 2.03 bits per heavy atom. The standard InChI is InChI=1S/C29H32N8O2/c1-17(2)36-27(38)22-15-32-28(33-20-8-9-23-19(12-20)14-31-16-29(23,3)4)35-26(22)37(36)24-6-5-7-25(34-24)39-21-10-18(11-21)13-30/h5-9,12,15,17-18,21,31H,10-11,14,16H2,1-4H3,(H,32,33,35). The highest BCUT2D eigenvalue weighted by molar-refractivity contribution is 5.77. The zero-order chi connectivity index (χ0) is 27.3. The molecule has 0 spiro atoms. The average Bonchev–Trinajstić information content (AvgIpc) is 3.17. The largest absolute Gasteiger partial charge is 0.474 e. The second-order valence-electron chi connectivity index (χ2n) is 11.3. The summed E-state index contributed by atoms with van der Waals surface area (Å²) in [5.41, 5.74) is 3.81. The van der Waals surface area contributed by atoms with Crippen LogP contribution in [0.3, 0.4) is 0 Å². The number of hydrogen-bond acceptors (Lipinski definition) is 8. The Balaban J connectivity index is 1.37. The fourth-order valence-corrected chi connectivity index (χ4v) is 5.48. The number of aromatic nitrogens is 5. The number of benzene rings is 1. The van der Waals surface area contributed by atoms with Gasteiger partial charge in [-0.1, -0.05) is 26.0 Å². The van der Waals surface area contributed by atoms with E-state index in [1.54, 1.807) is 21.6 Å². The Morgan fingerprint density at radius 1 is 1.21 bits per heavy atom. The highest BCUT2D eigenvalue weighted by Crippen LogP contribution is 2.32. The maximum Gasteiger partial charge on any atom is 0.278 e. The van der Waals surface area contributed by atoms with Crippen molar-refractivity contribution in [2.24, 2.45) is 5.92 Å². The van der Waals surface area contributed by atoms with Crippen LogP contribution in [0.15, 0.2) is 47.4 Å². The molecular formula is C29H32N8O2. The van der Waals surface area contributed by atoms with Crippen LogP contribution in [0.4, 0.5) is 11.6 Å². The molecular weight excluding hydrogens is 492 g/mol. The van der Waals surface area contributed by atoms with Crippen LogP contribution in [0.2, 0.25) is 0 Å². The first-order chi connectivity index (χ1) is 18.7. The molecule has 0 radical (unpaired) electrons. The van der Waals surface area contributed by atoms with Crippen LogP contribution < -0.4 is 20.9 Å². The Hall–Kier alpha value is -4.23. The Morgan fingerprint density at radius 3 is 2.79 bits per heavy atom. The van der Waals surface area contributed by atoms with Crippen molar-refractivity contribution < 1.29 is 4.74 Å². The quantitative estimate of drug-likeness (QED) is 0.381. The first kappa shape index (κ1) is 25.1. The van der Waals surface area contributed by atoms with E-state index >= 15 is 0 Å². The van der Waals surface area contributed by atoms with E-state index in [1.165, 1.54) is 11.1 Å². The number of nitrogens with one attached hydrogen (secondary N) is 2. The van der Waals surface area contributed by atoms with E-state index in [0.717, 1.165) is 18.8 Å². The molecule has 1 aliphatic heterocycles. The molecule has 4 aromatic rings. The van der Waals surface area contributed by atoms with Gasteiger partial charge in [-0.15, -0.1) is 0 Å². The van der Waals surface area contributed by atoms with E-state index in [-0.39, 0.29) is 29.0 Å². The molecule has 10 nitrogen and oxygen atoms in total. The van der Waals surface area contributed by atoms with Crippen LogP contribution in [-0.4, -0.2) is 37.0 Å². The first-order valence-electron chi connectivity index (χ1n) is 13.4. The second kappa shape index (κ2) is 9.50. The van der Waals surface area contributed by atoms with E-state index in [9.17, 15) is 4.79 Å². The van der Waals surface area contributed by atoms with Crippen LogP contribution in [0, 0.1) is 17.2 Å². The van der Waals surface area contributed by atoms with Gasteiger partial charge in [-0.2, -0.15) is 15.2 Å². The molecule has 10 heteroatoms. The SMILES string of the molecule is CC(C)n1c(=O)c2cnc(Nc3ccc4c(c3)CNCC4(C)C)nc2n1-c1cccc(OC2CC(C#N)C2)n1. The van der Waals surface area contributed by atoms with Gasteiger partial charge in [0.15, 0.2) is 11.5 Å². The van der Waals surface area contributed by atoms with Crippen molar-refractivity contribution in [3.8, 4) is 17.8 Å². The second-order valence-corrected chi connectivity index (χ2v) is 11.3. The summed E-state index contributed by atoms with van der Waals surface area (Å²) in [5.74, 6) is 1.41. The Labute approximate surface area is 226 Å². The van der Waals surface area contributed by atoms with E-state index in [1.807, 2.05) is 32.0 Å². The summed E-state index contributed by atoms with van der Waals surface area (Å²) in [5, 5.41) is 16.3. The Kier molecular flexibility index (Phi) is 6.11. The lowest BCUT2D eigenvalue weighted by Gasteiger charge is -2.33. The molecule has 0 saturated heterocycles. The molecule has 4 heterocycles. The molecule has 3 aromatic heterocycles. The molecule has 1 saturated carbocycles. The van der Waals surface area contributed by atoms with Crippen LogP contribution in [0.5, 0.6) is 5.88 Å². The maximum absolute atomic E-state index is 13.4. The van der Waals surface area contributed by atoms with E-state index < -0.39 is 0 Å². The first-order valence-corrected chi connectivity index (χ1v) is 13.4. The lowest BCUT2D eigenvalue weighted by Crippen LogP contribution is -2.38.